The van der Waals surface area contributed by atoms with Gasteiger partial charge in [0.25, 0.3) is 0 Å². The van der Waals surface area contributed by atoms with Gasteiger partial charge in [0.1, 0.15) is 0 Å². The molecule has 0 saturated carbocycles. The van der Waals surface area contributed by atoms with Crippen molar-refractivity contribution in [2.75, 3.05) is 0 Å². The molecule has 2 aromatic rings. The molecule has 1 aromatic heterocycles. The normalized spacial score (nSPS) is 11.3. The van der Waals surface area contributed by atoms with E-state index in [0.29, 0.717) is 5.62 Å². The second-order valence-electron chi connectivity index (χ2n) is 9.22. The van der Waals surface area contributed by atoms with E-state index in [1.54, 1.807) is 0 Å². The number of hydrogen-bond donors (Lipinski definition) is 0. The van der Waals surface area contributed by atoms with Crippen LogP contribution >= 0.6 is 0 Å². The third kappa shape index (κ3) is 8.91. The van der Waals surface area contributed by atoms with Crippen molar-refractivity contribution in [2.24, 2.45) is 10.4 Å². The van der Waals surface area contributed by atoms with Crippen LogP contribution in [0.2, 0.25) is 0 Å². The van der Waals surface area contributed by atoms with Gasteiger partial charge in [0.05, 0.1) is 16.3 Å². The summed E-state index contributed by atoms with van der Waals surface area (Å²) < 4.78 is 4.41. The average molecular weight is 443 g/mol. The SMILES string of the molecule is CCCCCCCCCCn1c(=NN=O)n(CCCCCCCCCC)c2ccccc21. The summed E-state index contributed by atoms with van der Waals surface area (Å²) in [6.45, 7) is 6.32. The molecule has 0 atom stereocenters. The summed E-state index contributed by atoms with van der Waals surface area (Å²) in [5.41, 5.74) is 3.04. The average Bonchev–Trinajstić information content (AvgIpc) is 3.10. The molecule has 0 amide bonds. The quantitative estimate of drug-likeness (QED) is 0.123. The number of hydrogen-bond acceptors (Lipinski definition) is 2. The van der Waals surface area contributed by atoms with Gasteiger partial charge in [-0.05, 0) is 25.0 Å². The van der Waals surface area contributed by atoms with Crippen LogP contribution in [-0.2, 0) is 13.1 Å². The molecule has 0 unspecified atom stereocenters. The minimum absolute atomic E-state index is 0.715. The lowest BCUT2D eigenvalue weighted by Crippen LogP contribution is -2.26. The van der Waals surface area contributed by atoms with E-state index in [2.05, 4.69) is 57.6 Å². The lowest BCUT2D eigenvalue weighted by Gasteiger charge is -2.06. The minimum Gasteiger partial charge on any atom is -0.309 e. The number of imidazole rings is 1. The first-order valence-corrected chi connectivity index (χ1v) is 13.4. The fourth-order valence-electron chi connectivity index (χ4n) is 4.67. The zero-order chi connectivity index (χ0) is 22.9. The molecule has 5 nitrogen and oxygen atoms in total. The summed E-state index contributed by atoms with van der Waals surface area (Å²) in [5, 5.41) is 6.97. The van der Waals surface area contributed by atoms with E-state index in [-0.39, 0.29) is 0 Å². The Balaban J connectivity index is 1.94. The van der Waals surface area contributed by atoms with Gasteiger partial charge in [-0.3, -0.25) is 0 Å². The first-order valence-electron chi connectivity index (χ1n) is 13.4. The van der Waals surface area contributed by atoms with Crippen LogP contribution in [0.5, 0.6) is 0 Å². The largest absolute Gasteiger partial charge is 0.309 e. The number of aromatic nitrogens is 2. The van der Waals surface area contributed by atoms with E-state index in [9.17, 15) is 4.91 Å². The number of aryl methyl sites for hydroxylation is 2. The molecule has 0 aliphatic carbocycles. The van der Waals surface area contributed by atoms with E-state index >= 15 is 0 Å². The molecule has 0 bridgehead atoms. The molecule has 0 aliphatic heterocycles. The summed E-state index contributed by atoms with van der Waals surface area (Å²) >= 11 is 0. The van der Waals surface area contributed by atoms with Crippen LogP contribution in [0.25, 0.3) is 11.0 Å². The maximum Gasteiger partial charge on any atom is 0.234 e. The molecule has 0 aliphatic rings. The van der Waals surface area contributed by atoms with Gasteiger partial charge in [0.15, 0.2) is 0 Å². The zero-order valence-corrected chi connectivity index (χ0v) is 20.7. The summed E-state index contributed by atoms with van der Waals surface area (Å²) in [5.74, 6) is 0. The van der Waals surface area contributed by atoms with Crippen LogP contribution < -0.4 is 5.62 Å². The first kappa shape index (κ1) is 26.3. The zero-order valence-electron chi connectivity index (χ0n) is 20.7. The Morgan fingerprint density at radius 2 is 0.969 bits per heavy atom. The highest BCUT2D eigenvalue weighted by atomic mass is 16.3. The molecule has 0 spiro atoms. The fraction of sp³-hybridized carbons (Fsp3) is 0.741. The van der Waals surface area contributed by atoms with Crippen LogP contribution in [0.4, 0.5) is 0 Å². The van der Waals surface area contributed by atoms with Crippen molar-refractivity contribution in [3.05, 3.63) is 34.8 Å². The second kappa shape index (κ2) is 16.7. The van der Waals surface area contributed by atoms with E-state index in [1.165, 1.54) is 89.9 Å². The van der Waals surface area contributed by atoms with E-state index in [4.69, 9.17) is 0 Å². The number of fused-ring (bicyclic) bond motifs is 1. The molecular formula is C27H46N4O. The van der Waals surface area contributed by atoms with Gasteiger partial charge in [-0.15, -0.1) is 4.91 Å². The number of rotatable bonds is 19. The van der Waals surface area contributed by atoms with Gasteiger partial charge in [0.2, 0.25) is 5.62 Å². The third-order valence-corrected chi connectivity index (χ3v) is 6.55. The number of benzene rings is 1. The van der Waals surface area contributed by atoms with Gasteiger partial charge < -0.3 is 9.13 Å². The van der Waals surface area contributed by atoms with Gasteiger partial charge >= 0.3 is 0 Å². The maximum absolute atomic E-state index is 11.1. The van der Waals surface area contributed by atoms with Gasteiger partial charge in [-0.2, -0.15) is 0 Å². The number of nitroso groups, excluding NO2 is 1. The van der Waals surface area contributed by atoms with Crippen molar-refractivity contribution in [2.45, 2.75) is 130 Å². The van der Waals surface area contributed by atoms with E-state index in [1.807, 2.05) is 0 Å². The highest BCUT2D eigenvalue weighted by Gasteiger charge is 2.11. The monoisotopic (exact) mass is 442 g/mol. The van der Waals surface area contributed by atoms with Crippen molar-refractivity contribution in [1.29, 1.82) is 0 Å². The van der Waals surface area contributed by atoms with Crippen LogP contribution in [0.3, 0.4) is 0 Å². The highest BCUT2D eigenvalue weighted by Crippen LogP contribution is 2.17. The standard InChI is InChI=1S/C27H46N4O/c1-3-5-7-9-11-13-15-19-23-30-25-21-17-18-22-26(25)31(27(30)28-29-32)24-20-16-14-12-10-8-6-4-2/h17-18,21-22H,3-16,19-20,23-24H2,1-2H3. The lowest BCUT2D eigenvalue weighted by atomic mass is 10.1. The third-order valence-electron chi connectivity index (χ3n) is 6.55. The number of nitrogens with zero attached hydrogens (tertiary/aromatic N) is 4. The second-order valence-corrected chi connectivity index (χ2v) is 9.22. The minimum atomic E-state index is 0.715. The summed E-state index contributed by atoms with van der Waals surface area (Å²) in [7, 11) is 0. The van der Waals surface area contributed by atoms with Crippen molar-refractivity contribution in [3.8, 4) is 0 Å². The summed E-state index contributed by atoms with van der Waals surface area (Å²) in [6, 6.07) is 8.44. The Kier molecular flexibility index (Phi) is 13.7. The number of para-hydroxylation sites is 2. The van der Waals surface area contributed by atoms with Gasteiger partial charge in [-0.25, -0.2) is 0 Å². The van der Waals surface area contributed by atoms with Crippen LogP contribution in [0, 0.1) is 4.91 Å². The van der Waals surface area contributed by atoms with Crippen molar-refractivity contribution in [1.82, 2.24) is 9.13 Å². The Bertz CT molecular complexity index is 761. The molecule has 0 radical (unpaired) electrons. The summed E-state index contributed by atoms with van der Waals surface area (Å²) in [4.78, 5) is 11.1. The fourth-order valence-corrected chi connectivity index (χ4v) is 4.67. The first-order chi connectivity index (χ1) is 15.8. The molecule has 0 fully saturated rings. The topological polar surface area (TPSA) is 51.6 Å². The predicted octanol–water partition coefficient (Wildman–Crippen LogP) is 8.31. The Hall–Kier alpha value is -1.91. The van der Waals surface area contributed by atoms with Crippen LogP contribution in [-0.4, -0.2) is 9.13 Å². The molecule has 180 valence electrons. The molecule has 1 heterocycles. The van der Waals surface area contributed by atoms with Crippen molar-refractivity contribution < 1.29 is 0 Å². The molecular weight excluding hydrogens is 396 g/mol. The lowest BCUT2D eigenvalue weighted by molar-refractivity contribution is 0.512. The molecule has 2 rings (SSSR count). The van der Waals surface area contributed by atoms with Gasteiger partial charge in [-0.1, -0.05) is 121 Å². The highest BCUT2D eigenvalue weighted by molar-refractivity contribution is 5.75. The molecule has 1 aromatic carbocycles. The predicted molar refractivity (Wildman–Crippen MR) is 137 cm³/mol. The Labute approximate surface area is 195 Å². The van der Waals surface area contributed by atoms with Crippen molar-refractivity contribution in [3.63, 3.8) is 0 Å². The molecule has 32 heavy (non-hydrogen) atoms. The summed E-state index contributed by atoms with van der Waals surface area (Å²) in [6.07, 6.45) is 20.7. The van der Waals surface area contributed by atoms with E-state index in [0.717, 1.165) is 37.0 Å². The van der Waals surface area contributed by atoms with Crippen LogP contribution in [0.15, 0.2) is 34.7 Å². The maximum atomic E-state index is 11.1. The number of unbranched alkanes of at least 4 members (excludes halogenated alkanes) is 14. The Morgan fingerprint density at radius 1 is 0.594 bits per heavy atom. The van der Waals surface area contributed by atoms with E-state index < -0.39 is 0 Å². The van der Waals surface area contributed by atoms with Crippen LogP contribution in [0.1, 0.15) is 117 Å². The Morgan fingerprint density at radius 3 is 1.34 bits per heavy atom. The van der Waals surface area contributed by atoms with Gasteiger partial charge in [0, 0.05) is 13.1 Å². The molecule has 0 N–H and O–H groups in total. The smallest absolute Gasteiger partial charge is 0.234 e. The molecule has 0 saturated heterocycles. The molecule has 5 heteroatoms. The van der Waals surface area contributed by atoms with Crippen molar-refractivity contribution >= 4 is 11.0 Å².